The molecule has 0 aliphatic heterocycles. The minimum absolute atomic E-state index is 0.210. The molecule has 1 N–H and O–H groups in total. The van der Waals surface area contributed by atoms with Crippen LogP contribution in [-0.2, 0) is 0 Å². The molecule has 6 heteroatoms. The van der Waals surface area contributed by atoms with Crippen LogP contribution in [0.25, 0.3) is 12.2 Å². The lowest BCUT2D eigenvalue weighted by atomic mass is 10.1. The highest BCUT2D eigenvalue weighted by atomic mass is 32.2. The van der Waals surface area contributed by atoms with Crippen molar-refractivity contribution in [2.45, 2.75) is 11.8 Å². The first kappa shape index (κ1) is 16.2. The number of aryl methyl sites for hydroxylation is 1. The predicted molar refractivity (Wildman–Crippen MR) is 89.8 cm³/mol. The van der Waals surface area contributed by atoms with Gasteiger partial charge in [-0.1, -0.05) is 0 Å². The first-order valence-corrected chi connectivity index (χ1v) is 7.86. The third-order valence-corrected chi connectivity index (χ3v) is 3.95. The molecule has 2 aromatic rings. The summed E-state index contributed by atoms with van der Waals surface area (Å²) in [6.07, 6.45) is 5.71. The fourth-order valence-electron chi connectivity index (χ4n) is 2.03. The van der Waals surface area contributed by atoms with Gasteiger partial charge in [0.2, 0.25) is 0 Å². The summed E-state index contributed by atoms with van der Waals surface area (Å²) in [5.74, 6) is 1.54. The van der Waals surface area contributed by atoms with E-state index in [0.29, 0.717) is 5.69 Å². The summed E-state index contributed by atoms with van der Waals surface area (Å²) in [4.78, 5) is 12.2. The molecule has 1 aromatic carbocycles. The zero-order chi connectivity index (χ0) is 16.1. The van der Waals surface area contributed by atoms with Gasteiger partial charge < -0.3 is 9.47 Å². The lowest BCUT2D eigenvalue weighted by Crippen LogP contribution is -2.08. The first-order chi connectivity index (χ1) is 10.6. The Balaban J connectivity index is 2.43. The maximum Gasteiger partial charge on any atom is 0.264 e. The van der Waals surface area contributed by atoms with Crippen LogP contribution >= 0.6 is 11.8 Å². The molecule has 5 nitrogen and oxygen atoms in total. The largest absolute Gasteiger partial charge is 0.496 e. The maximum absolute atomic E-state index is 11.2. The van der Waals surface area contributed by atoms with E-state index < -0.39 is 0 Å². The van der Waals surface area contributed by atoms with E-state index in [4.69, 9.17) is 9.47 Å². The molecule has 0 bridgehead atoms. The minimum atomic E-state index is -0.210. The van der Waals surface area contributed by atoms with E-state index in [1.54, 1.807) is 26.0 Å². The van der Waals surface area contributed by atoms with Crippen LogP contribution in [-0.4, -0.2) is 30.7 Å². The number of hydrogen-bond donors (Lipinski definition) is 1. The Labute approximate surface area is 133 Å². The van der Waals surface area contributed by atoms with Crippen LogP contribution in [0.5, 0.6) is 11.5 Å². The molecule has 1 heterocycles. The van der Waals surface area contributed by atoms with Gasteiger partial charge in [0.05, 0.1) is 24.8 Å². The van der Waals surface area contributed by atoms with Crippen molar-refractivity contribution < 1.29 is 9.47 Å². The van der Waals surface area contributed by atoms with Gasteiger partial charge in [-0.25, -0.2) is 5.10 Å². The summed E-state index contributed by atoms with van der Waals surface area (Å²) >= 11 is 1.60. The SMILES string of the molecule is COc1cc(SC)c(OC)cc1/C=C/c1n[nH]c(=O)cc1C. The zero-order valence-electron chi connectivity index (χ0n) is 13.0. The van der Waals surface area contributed by atoms with E-state index in [1.165, 1.54) is 6.07 Å². The molecule has 0 saturated carbocycles. The molecule has 1 aromatic heterocycles. The van der Waals surface area contributed by atoms with Crippen molar-refractivity contribution in [1.29, 1.82) is 0 Å². The standard InChI is InChI=1S/C16H18N2O3S/c1-10-7-16(19)18-17-12(10)6-5-11-8-14(21-3)15(22-4)9-13(11)20-2/h5-9H,1-4H3,(H,18,19)/b6-5+. The van der Waals surface area contributed by atoms with Crippen molar-refractivity contribution in [1.82, 2.24) is 10.2 Å². The van der Waals surface area contributed by atoms with E-state index in [-0.39, 0.29) is 5.56 Å². The van der Waals surface area contributed by atoms with Gasteiger partial charge in [-0.15, -0.1) is 11.8 Å². The summed E-state index contributed by atoms with van der Waals surface area (Å²) in [6, 6.07) is 5.37. The van der Waals surface area contributed by atoms with Crippen LogP contribution in [0.1, 0.15) is 16.8 Å². The molecular weight excluding hydrogens is 300 g/mol. The van der Waals surface area contributed by atoms with Gasteiger partial charge in [0, 0.05) is 11.6 Å². The average Bonchev–Trinajstić information content (AvgIpc) is 2.53. The highest BCUT2D eigenvalue weighted by Gasteiger charge is 2.09. The van der Waals surface area contributed by atoms with E-state index in [2.05, 4.69) is 10.2 Å². The van der Waals surface area contributed by atoms with Crippen molar-refractivity contribution in [3.05, 3.63) is 45.4 Å². The smallest absolute Gasteiger partial charge is 0.264 e. The summed E-state index contributed by atoms with van der Waals surface area (Å²) in [5.41, 5.74) is 2.18. The van der Waals surface area contributed by atoms with Crippen molar-refractivity contribution in [3.8, 4) is 11.5 Å². The average molecular weight is 318 g/mol. The van der Waals surface area contributed by atoms with Crippen LogP contribution in [0.3, 0.4) is 0 Å². The van der Waals surface area contributed by atoms with Crippen LogP contribution < -0.4 is 15.0 Å². The monoisotopic (exact) mass is 318 g/mol. The molecule has 0 radical (unpaired) electrons. The quantitative estimate of drug-likeness (QED) is 0.859. The zero-order valence-corrected chi connectivity index (χ0v) is 13.8. The molecule has 2 rings (SSSR count). The molecule has 0 saturated heterocycles. The van der Waals surface area contributed by atoms with Gasteiger partial charge >= 0.3 is 0 Å². The lowest BCUT2D eigenvalue weighted by Gasteiger charge is -2.11. The highest BCUT2D eigenvalue weighted by molar-refractivity contribution is 7.98. The third-order valence-electron chi connectivity index (χ3n) is 3.19. The number of aromatic nitrogens is 2. The normalized spacial score (nSPS) is 10.9. The number of ether oxygens (including phenoxy) is 2. The fourth-order valence-corrected chi connectivity index (χ4v) is 2.60. The molecule has 0 atom stereocenters. The van der Waals surface area contributed by atoms with Crippen LogP contribution in [0.2, 0.25) is 0 Å². The van der Waals surface area contributed by atoms with Crippen LogP contribution in [0.4, 0.5) is 0 Å². The number of hydrogen-bond acceptors (Lipinski definition) is 5. The second-order valence-corrected chi connectivity index (χ2v) is 5.43. The first-order valence-electron chi connectivity index (χ1n) is 6.63. The molecule has 0 spiro atoms. The predicted octanol–water partition coefficient (Wildman–Crippen LogP) is 2.99. The Kier molecular flexibility index (Phi) is 5.27. The van der Waals surface area contributed by atoms with Crippen molar-refractivity contribution in [2.75, 3.05) is 20.5 Å². The maximum atomic E-state index is 11.2. The summed E-state index contributed by atoms with van der Waals surface area (Å²) in [7, 11) is 3.27. The van der Waals surface area contributed by atoms with Crippen LogP contribution in [0, 0.1) is 6.92 Å². The number of thioether (sulfide) groups is 1. The number of benzene rings is 1. The fraction of sp³-hybridized carbons (Fsp3) is 0.250. The molecule has 0 amide bonds. The van der Waals surface area contributed by atoms with Crippen molar-refractivity contribution >= 4 is 23.9 Å². The summed E-state index contributed by atoms with van der Waals surface area (Å²) in [6.45, 7) is 1.84. The third kappa shape index (κ3) is 3.51. The number of methoxy groups -OCH3 is 2. The summed E-state index contributed by atoms with van der Waals surface area (Å²) in [5, 5.41) is 6.45. The van der Waals surface area contributed by atoms with Gasteiger partial charge in [0.1, 0.15) is 11.5 Å². The molecule has 0 unspecified atom stereocenters. The Morgan fingerprint density at radius 3 is 2.45 bits per heavy atom. The van der Waals surface area contributed by atoms with E-state index >= 15 is 0 Å². The van der Waals surface area contributed by atoms with Gasteiger partial charge in [0.15, 0.2) is 0 Å². The number of nitrogens with one attached hydrogen (secondary N) is 1. The molecule has 0 fully saturated rings. The molecule has 22 heavy (non-hydrogen) atoms. The second-order valence-electron chi connectivity index (χ2n) is 4.58. The van der Waals surface area contributed by atoms with E-state index in [9.17, 15) is 4.79 Å². The Morgan fingerprint density at radius 2 is 1.86 bits per heavy atom. The molecule has 0 aliphatic carbocycles. The Hall–Kier alpha value is -2.21. The lowest BCUT2D eigenvalue weighted by molar-refractivity contribution is 0.393. The summed E-state index contributed by atoms with van der Waals surface area (Å²) < 4.78 is 10.8. The Morgan fingerprint density at radius 1 is 1.14 bits per heavy atom. The number of H-pyrrole nitrogens is 1. The molecule has 0 aliphatic rings. The van der Waals surface area contributed by atoms with Gasteiger partial charge in [-0.2, -0.15) is 5.10 Å². The van der Waals surface area contributed by atoms with E-state index in [1.807, 2.05) is 37.5 Å². The van der Waals surface area contributed by atoms with Crippen LogP contribution in [0.15, 0.2) is 27.9 Å². The highest BCUT2D eigenvalue weighted by Crippen LogP contribution is 2.35. The number of rotatable bonds is 5. The van der Waals surface area contributed by atoms with Gasteiger partial charge in [-0.05, 0) is 43.0 Å². The van der Waals surface area contributed by atoms with Crippen molar-refractivity contribution in [3.63, 3.8) is 0 Å². The molecule has 116 valence electrons. The van der Waals surface area contributed by atoms with Crippen molar-refractivity contribution in [2.24, 2.45) is 0 Å². The van der Waals surface area contributed by atoms with E-state index in [0.717, 1.165) is 27.5 Å². The number of aromatic amines is 1. The van der Waals surface area contributed by atoms with Gasteiger partial charge in [-0.3, -0.25) is 4.79 Å². The number of nitrogens with zero attached hydrogens (tertiary/aromatic N) is 1. The topological polar surface area (TPSA) is 64.2 Å². The second kappa shape index (κ2) is 7.17. The Bertz CT molecular complexity index is 754. The molecular formula is C16H18N2O3S. The van der Waals surface area contributed by atoms with Gasteiger partial charge in [0.25, 0.3) is 5.56 Å². The minimum Gasteiger partial charge on any atom is -0.496 e.